The second kappa shape index (κ2) is 7.98. The zero-order chi connectivity index (χ0) is 18.6. The molecular formula is C21H23FN4O. The number of hydrogen-bond donors (Lipinski definition) is 1. The minimum Gasteiger partial charge on any atom is -0.379 e. The van der Waals surface area contributed by atoms with Gasteiger partial charge in [-0.15, -0.1) is 0 Å². The van der Waals surface area contributed by atoms with Gasteiger partial charge in [-0.2, -0.15) is 0 Å². The maximum Gasteiger partial charge on any atom is 0.148 e. The van der Waals surface area contributed by atoms with Gasteiger partial charge in [-0.05, 0) is 36.8 Å². The number of aryl methyl sites for hydroxylation is 1. The molecule has 5 nitrogen and oxygen atoms in total. The van der Waals surface area contributed by atoms with E-state index in [9.17, 15) is 4.39 Å². The summed E-state index contributed by atoms with van der Waals surface area (Å²) >= 11 is 0. The fraction of sp³-hybridized carbons (Fsp3) is 0.333. The molecule has 1 aliphatic rings. The number of rotatable bonds is 5. The van der Waals surface area contributed by atoms with Crippen LogP contribution in [0.2, 0.25) is 0 Å². The van der Waals surface area contributed by atoms with Gasteiger partial charge in [-0.25, -0.2) is 14.4 Å². The van der Waals surface area contributed by atoms with Gasteiger partial charge >= 0.3 is 0 Å². The van der Waals surface area contributed by atoms with Gasteiger partial charge in [0.2, 0.25) is 0 Å². The maximum absolute atomic E-state index is 13.8. The Morgan fingerprint density at radius 2 is 1.81 bits per heavy atom. The van der Waals surface area contributed by atoms with E-state index in [0.717, 1.165) is 41.2 Å². The normalized spacial score (nSPS) is 16.4. The summed E-state index contributed by atoms with van der Waals surface area (Å²) in [6.07, 6.45) is 0. The lowest BCUT2D eigenvalue weighted by molar-refractivity contribution is 0.0186. The Balaban J connectivity index is 1.59. The van der Waals surface area contributed by atoms with Gasteiger partial charge in [-0.3, -0.25) is 4.90 Å². The molecule has 4 rings (SSSR count). The Morgan fingerprint density at radius 1 is 1.07 bits per heavy atom. The number of para-hydroxylation sites is 2. The molecule has 1 N–H and O–H groups in total. The van der Waals surface area contributed by atoms with Gasteiger partial charge in [0, 0.05) is 19.6 Å². The van der Waals surface area contributed by atoms with E-state index in [1.165, 1.54) is 6.07 Å². The lowest BCUT2D eigenvalue weighted by atomic mass is 10.0. The monoisotopic (exact) mass is 366 g/mol. The van der Waals surface area contributed by atoms with Crippen LogP contribution in [0.15, 0.2) is 48.5 Å². The van der Waals surface area contributed by atoms with E-state index >= 15 is 0 Å². The van der Waals surface area contributed by atoms with Gasteiger partial charge in [0.25, 0.3) is 0 Å². The van der Waals surface area contributed by atoms with Crippen molar-refractivity contribution in [3.05, 3.63) is 65.6 Å². The molecule has 1 unspecified atom stereocenters. The molecule has 6 heteroatoms. The summed E-state index contributed by atoms with van der Waals surface area (Å²) in [5, 5.41) is 3.44. The molecule has 2 heterocycles. The molecule has 0 saturated carbocycles. The van der Waals surface area contributed by atoms with E-state index in [1.54, 1.807) is 12.1 Å². The van der Waals surface area contributed by atoms with Crippen LogP contribution < -0.4 is 5.32 Å². The number of ether oxygens (including phenoxy) is 1. The molecule has 27 heavy (non-hydrogen) atoms. The van der Waals surface area contributed by atoms with Gasteiger partial charge in [0.1, 0.15) is 11.6 Å². The predicted octanol–water partition coefficient (Wildman–Crippen LogP) is 3.56. The SMILES string of the molecule is Cc1nc2ccccc2nc1NCC(c1cccc(F)c1)N1CCOCC1. The van der Waals surface area contributed by atoms with Gasteiger partial charge in [0.15, 0.2) is 0 Å². The van der Waals surface area contributed by atoms with Crippen LogP contribution in [0, 0.1) is 12.7 Å². The lowest BCUT2D eigenvalue weighted by Gasteiger charge is -2.35. The molecule has 1 fully saturated rings. The standard InChI is InChI=1S/C21H23FN4O/c1-15-21(25-19-8-3-2-7-18(19)24-15)23-14-20(26-9-11-27-12-10-26)16-5-4-6-17(22)13-16/h2-8,13,20H,9-12,14H2,1H3,(H,23,25). The third kappa shape index (κ3) is 4.07. The van der Waals surface area contributed by atoms with Crippen LogP contribution in [-0.2, 0) is 4.74 Å². The van der Waals surface area contributed by atoms with Crippen LogP contribution >= 0.6 is 0 Å². The number of nitrogens with zero attached hydrogens (tertiary/aromatic N) is 3. The van der Waals surface area contributed by atoms with Crippen LogP contribution in [0.3, 0.4) is 0 Å². The van der Waals surface area contributed by atoms with E-state index in [1.807, 2.05) is 37.3 Å². The Hall–Kier alpha value is -2.57. The Labute approximate surface area is 158 Å². The fourth-order valence-corrected chi connectivity index (χ4v) is 3.51. The number of morpholine rings is 1. The van der Waals surface area contributed by atoms with Gasteiger partial charge in [0.05, 0.1) is 36.0 Å². The minimum absolute atomic E-state index is 0.0391. The highest BCUT2D eigenvalue weighted by molar-refractivity contribution is 5.76. The van der Waals surface area contributed by atoms with Crippen LogP contribution in [0.25, 0.3) is 11.0 Å². The lowest BCUT2D eigenvalue weighted by Crippen LogP contribution is -2.41. The molecule has 0 bridgehead atoms. The molecule has 2 aromatic carbocycles. The molecule has 0 aliphatic carbocycles. The summed E-state index contributed by atoms with van der Waals surface area (Å²) in [7, 11) is 0. The van der Waals surface area contributed by atoms with Crippen molar-refractivity contribution in [3.8, 4) is 0 Å². The number of nitrogens with one attached hydrogen (secondary N) is 1. The molecule has 3 aromatic rings. The molecule has 1 aliphatic heterocycles. The highest BCUT2D eigenvalue weighted by Crippen LogP contribution is 2.24. The molecule has 1 atom stereocenters. The smallest absolute Gasteiger partial charge is 0.148 e. The second-order valence-electron chi connectivity index (χ2n) is 6.75. The number of fused-ring (bicyclic) bond motifs is 1. The number of hydrogen-bond acceptors (Lipinski definition) is 5. The van der Waals surface area contributed by atoms with Crippen LogP contribution in [0.5, 0.6) is 0 Å². The van der Waals surface area contributed by atoms with E-state index in [0.29, 0.717) is 19.8 Å². The number of anilines is 1. The van der Waals surface area contributed by atoms with Crippen molar-refractivity contribution in [1.82, 2.24) is 14.9 Å². The van der Waals surface area contributed by atoms with Crippen molar-refractivity contribution in [3.63, 3.8) is 0 Å². The van der Waals surface area contributed by atoms with Crippen molar-refractivity contribution in [2.75, 3.05) is 38.2 Å². The van der Waals surface area contributed by atoms with Crippen LogP contribution in [0.4, 0.5) is 10.2 Å². The first kappa shape index (κ1) is 17.8. The largest absolute Gasteiger partial charge is 0.379 e. The summed E-state index contributed by atoms with van der Waals surface area (Å²) in [6.45, 7) is 5.61. The predicted molar refractivity (Wildman–Crippen MR) is 104 cm³/mol. The van der Waals surface area contributed by atoms with E-state index < -0.39 is 0 Å². The third-order valence-corrected chi connectivity index (χ3v) is 4.93. The summed E-state index contributed by atoms with van der Waals surface area (Å²) in [6, 6.07) is 14.7. The third-order valence-electron chi connectivity index (χ3n) is 4.93. The van der Waals surface area contributed by atoms with Crippen molar-refractivity contribution in [1.29, 1.82) is 0 Å². The average molecular weight is 366 g/mol. The molecule has 0 amide bonds. The van der Waals surface area contributed by atoms with Crippen molar-refractivity contribution >= 4 is 16.9 Å². The first-order valence-corrected chi connectivity index (χ1v) is 9.25. The minimum atomic E-state index is -0.215. The highest BCUT2D eigenvalue weighted by Gasteiger charge is 2.23. The molecular weight excluding hydrogens is 343 g/mol. The van der Waals surface area contributed by atoms with E-state index in [-0.39, 0.29) is 11.9 Å². The van der Waals surface area contributed by atoms with E-state index in [4.69, 9.17) is 9.72 Å². The quantitative estimate of drug-likeness (QED) is 0.748. The Morgan fingerprint density at radius 3 is 2.56 bits per heavy atom. The first-order chi connectivity index (χ1) is 13.2. The molecule has 1 saturated heterocycles. The zero-order valence-electron chi connectivity index (χ0n) is 15.4. The van der Waals surface area contributed by atoms with Crippen molar-refractivity contribution < 1.29 is 9.13 Å². The Kier molecular flexibility index (Phi) is 5.27. The van der Waals surface area contributed by atoms with Crippen LogP contribution in [0.1, 0.15) is 17.3 Å². The van der Waals surface area contributed by atoms with Gasteiger partial charge in [-0.1, -0.05) is 24.3 Å². The summed E-state index contributed by atoms with van der Waals surface area (Å²) in [4.78, 5) is 11.7. The number of halogens is 1. The summed E-state index contributed by atoms with van der Waals surface area (Å²) < 4.78 is 19.3. The molecule has 0 spiro atoms. The van der Waals surface area contributed by atoms with Crippen molar-refractivity contribution in [2.45, 2.75) is 13.0 Å². The molecule has 1 aromatic heterocycles. The summed E-state index contributed by atoms with van der Waals surface area (Å²) in [5.41, 5.74) is 3.55. The number of benzene rings is 2. The topological polar surface area (TPSA) is 50.3 Å². The van der Waals surface area contributed by atoms with E-state index in [2.05, 4.69) is 15.2 Å². The first-order valence-electron chi connectivity index (χ1n) is 9.25. The fourth-order valence-electron chi connectivity index (χ4n) is 3.51. The van der Waals surface area contributed by atoms with Crippen LogP contribution in [-0.4, -0.2) is 47.7 Å². The highest BCUT2D eigenvalue weighted by atomic mass is 19.1. The average Bonchev–Trinajstić information content (AvgIpc) is 2.69. The van der Waals surface area contributed by atoms with Crippen molar-refractivity contribution in [2.24, 2.45) is 0 Å². The zero-order valence-corrected chi connectivity index (χ0v) is 15.4. The second-order valence-corrected chi connectivity index (χ2v) is 6.75. The van der Waals surface area contributed by atoms with Gasteiger partial charge < -0.3 is 10.1 Å². The summed E-state index contributed by atoms with van der Waals surface area (Å²) in [5.74, 6) is 0.552. The molecule has 140 valence electrons. The Bertz CT molecular complexity index is 927. The molecule has 0 radical (unpaired) electrons. The maximum atomic E-state index is 13.8. The number of aromatic nitrogens is 2.